The van der Waals surface area contributed by atoms with Gasteiger partial charge in [0.25, 0.3) is 5.91 Å². The molecule has 1 aliphatic heterocycles. The van der Waals surface area contributed by atoms with Crippen LogP contribution in [-0.4, -0.2) is 91.1 Å². The number of hydrogen-bond donors (Lipinski definition) is 6. The number of aromatic nitrogens is 3. The lowest BCUT2D eigenvalue weighted by molar-refractivity contribution is -0.141. The lowest BCUT2D eigenvalue weighted by Gasteiger charge is -2.32. The Morgan fingerprint density at radius 2 is 1.73 bits per heavy atom. The fourth-order valence-electron chi connectivity index (χ4n) is 7.48. The summed E-state index contributed by atoms with van der Waals surface area (Å²) < 4.78 is 1.54. The number of hydrogen-bond acceptors (Lipinski definition) is 9. The molecule has 2 aliphatic rings. The van der Waals surface area contributed by atoms with Crippen LogP contribution < -0.4 is 22.1 Å². The third-order valence-corrected chi connectivity index (χ3v) is 10.3. The van der Waals surface area contributed by atoms with E-state index < -0.39 is 59.5 Å². The van der Waals surface area contributed by atoms with E-state index in [0.29, 0.717) is 37.1 Å². The van der Waals surface area contributed by atoms with E-state index in [1.165, 1.54) is 15.8 Å². The molecule has 8 N–H and O–H groups in total. The van der Waals surface area contributed by atoms with Crippen molar-refractivity contribution in [2.24, 2.45) is 17.4 Å². The SMILES string of the molecule is CC(C)(O)c1cnnn1[C@H]1C[C@@H](C(=O)NC(CCCCN)C(O)C(N)=O)N(C(=O)C(CC2CCCCC2)NC(=O)c2ccc3ccccc3c2)C1.Cl. The molecule has 3 aromatic rings. The molecule has 2 heterocycles. The minimum atomic E-state index is -1.65. The van der Waals surface area contributed by atoms with Crippen LogP contribution in [0.5, 0.6) is 0 Å². The third kappa shape index (κ3) is 9.85. The molecule has 2 aromatic carbocycles. The Balaban J connectivity index is 0.00000605. The van der Waals surface area contributed by atoms with Crippen LogP contribution in [-0.2, 0) is 20.0 Å². The average molecular weight is 741 g/mol. The molecular formula is C37H53ClN8O6. The van der Waals surface area contributed by atoms with E-state index in [0.717, 1.165) is 42.9 Å². The monoisotopic (exact) mass is 740 g/mol. The van der Waals surface area contributed by atoms with Crippen LogP contribution in [0.3, 0.4) is 0 Å². The number of nitrogens with zero attached hydrogens (tertiary/aromatic N) is 4. The second-order valence-corrected chi connectivity index (χ2v) is 14.6. The fraction of sp³-hybridized carbons (Fsp3) is 0.568. The number of carbonyl (C=O) groups excluding carboxylic acids is 4. The van der Waals surface area contributed by atoms with Crippen LogP contribution in [0.1, 0.15) is 100 Å². The zero-order valence-corrected chi connectivity index (χ0v) is 30.8. The number of carbonyl (C=O) groups is 4. The molecule has 0 bridgehead atoms. The highest BCUT2D eigenvalue weighted by Gasteiger charge is 2.45. The van der Waals surface area contributed by atoms with Gasteiger partial charge in [-0.05, 0) is 68.5 Å². The number of rotatable bonds is 15. The summed E-state index contributed by atoms with van der Waals surface area (Å²) in [7, 11) is 0. The van der Waals surface area contributed by atoms with Gasteiger partial charge in [-0.15, -0.1) is 17.5 Å². The first-order valence-corrected chi connectivity index (χ1v) is 18.1. The third-order valence-electron chi connectivity index (χ3n) is 10.3. The molecule has 1 aliphatic carbocycles. The van der Waals surface area contributed by atoms with Crippen molar-refractivity contribution in [3.8, 4) is 0 Å². The number of aliphatic hydroxyl groups excluding tert-OH is 1. The van der Waals surface area contributed by atoms with Crippen molar-refractivity contribution >= 4 is 46.8 Å². The van der Waals surface area contributed by atoms with Crippen molar-refractivity contribution in [2.75, 3.05) is 13.1 Å². The van der Waals surface area contributed by atoms with Gasteiger partial charge in [0, 0.05) is 18.5 Å². The Morgan fingerprint density at radius 1 is 1.02 bits per heavy atom. The highest BCUT2D eigenvalue weighted by molar-refractivity contribution is 6.01. The highest BCUT2D eigenvalue weighted by Crippen LogP contribution is 2.34. The zero-order chi connectivity index (χ0) is 36.7. The van der Waals surface area contributed by atoms with E-state index in [4.69, 9.17) is 11.5 Å². The Morgan fingerprint density at radius 3 is 2.40 bits per heavy atom. The van der Waals surface area contributed by atoms with Crippen molar-refractivity contribution in [2.45, 2.75) is 114 Å². The predicted octanol–water partition coefficient (Wildman–Crippen LogP) is 2.45. The number of benzene rings is 2. The molecule has 4 amide bonds. The van der Waals surface area contributed by atoms with Gasteiger partial charge in [0.2, 0.25) is 17.7 Å². The summed E-state index contributed by atoms with van der Waals surface area (Å²) >= 11 is 0. The van der Waals surface area contributed by atoms with Gasteiger partial charge < -0.3 is 37.2 Å². The smallest absolute Gasteiger partial charge is 0.251 e. The number of nitrogens with two attached hydrogens (primary N) is 2. The Hall–Kier alpha value is -4.11. The van der Waals surface area contributed by atoms with Gasteiger partial charge in [-0.1, -0.05) is 74.1 Å². The van der Waals surface area contributed by atoms with Crippen LogP contribution in [0.15, 0.2) is 48.7 Å². The van der Waals surface area contributed by atoms with Crippen molar-refractivity contribution in [1.82, 2.24) is 30.5 Å². The molecule has 284 valence electrons. The predicted molar refractivity (Wildman–Crippen MR) is 198 cm³/mol. The molecule has 1 saturated carbocycles. The number of unbranched alkanes of at least 4 members (excludes halogenated alkanes) is 1. The normalized spacial score (nSPS) is 19.8. The van der Waals surface area contributed by atoms with Crippen molar-refractivity contribution in [1.29, 1.82) is 0 Å². The topological polar surface area (TPSA) is 219 Å². The second kappa shape index (κ2) is 18.1. The highest BCUT2D eigenvalue weighted by atomic mass is 35.5. The minimum absolute atomic E-state index is 0. The molecular weight excluding hydrogens is 688 g/mol. The van der Waals surface area contributed by atoms with Gasteiger partial charge in [-0.2, -0.15) is 0 Å². The molecule has 1 saturated heterocycles. The first kappa shape index (κ1) is 40.7. The molecule has 3 unspecified atom stereocenters. The molecule has 5 atom stereocenters. The van der Waals surface area contributed by atoms with E-state index in [1.54, 1.807) is 26.0 Å². The molecule has 0 radical (unpaired) electrons. The number of likely N-dealkylation sites (tertiary alicyclic amines) is 1. The lowest BCUT2D eigenvalue weighted by atomic mass is 9.84. The van der Waals surface area contributed by atoms with Gasteiger partial charge in [0.05, 0.1) is 24.0 Å². The van der Waals surface area contributed by atoms with Crippen LogP contribution in [0, 0.1) is 5.92 Å². The summed E-state index contributed by atoms with van der Waals surface area (Å²) in [5, 5.41) is 37.4. The Labute approximate surface area is 310 Å². The first-order chi connectivity index (χ1) is 24.4. The molecule has 14 nitrogen and oxygen atoms in total. The number of amides is 4. The van der Waals surface area contributed by atoms with Crippen molar-refractivity contribution in [3.05, 3.63) is 59.9 Å². The quantitative estimate of drug-likeness (QED) is 0.126. The molecule has 0 spiro atoms. The summed E-state index contributed by atoms with van der Waals surface area (Å²) in [5.41, 5.74) is 10.6. The van der Waals surface area contributed by atoms with Crippen LogP contribution in [0.2, 0.25) is 0 Å². The largest absolute Gasteiger partial charge is 0.384 e. The summed E-state index contributed by atoms with van der Waals surface area (Å²) in [6.07, 6.45) is 6.79. The number of nitrogens with one attached hydrogen (secondary N) is 2. The number of halogens is 1. The lowest BCUT2D eigenvalue weighted by Crippen LogP contribution is -2.57. The maximum atomic E-state index is 14.7. The molecule has 15 heteroatoms. The Kier molecular flexibility index (Phi) is 14.1. The number of primary amides is 1. The summed E-state index contributed by atoms with van der Waals surface area (Å²) in [4.78, 5) is 56.1. The number of aliphatic hydroxyl groups is 2. The van der Waals surface area contributed by atoms with Crippen LogP contribution >= 0.6 is 12.4 Å². The standard InChI is InChI=1S/C37H52N8O6.ClH/c1-37(2,51)31-21-40-43-45(31)27-20-30(35(49)41-28(14-8-9-17-38)32(46)33(39)47)44(22-27)36(50)29(18-23-10-4-3-5-11-23)42-34(48)26-16-15-24-12-6-7-13-25(24)19-26;/h6-7,12-13,15-16,19,21,23,27-30,32,46,51H,3-5,8-11,14,17-18,20,22,38H2,1-2H3,(H2,39,47)(H,41,49)(H,42,48);1H/t27-,28?,29?,30-,32?;/m0./s1. The van der Waals surface area contributed by atoms with Crippen LogP contribution in [0.4, 0.5) is 0 Å². The maximum Gasteiger partial charge on any atom is 0.251 e. The zero-order valence-electron chi connectivity index (χ0n) is 29.9. The first-order valence-electron chi connectivity index (χ1n) is 18.1. The van der Waals surface area contributed by atoms with E-state index in [9.17, 15) is 29.4 Å². The average Bonchev–Trinajstić information content (AvgIpc) is 3.79. The van der Waals surface area contributed by atoms with Gasteiger partial charge in [0.1, 0.15) is 17.7 Å². The molecule has 2 fully saturated rings. The Bertz CT molecular complexity index is 1690. The van der Waals surface area contributed by atoms with Gasteiger partial charge >= 0.3 is 0 Å². The van der Waals surface area contributed by atoms with E-state index >= 15 is 0 Å². The molecule has 5 rings (SSSR count). The summed E-state index contributed by atoms with van der Waals surface area (Å²) in [5.74, 6) is -2.16. The van der Waals surface area contributed by atoms with Crippen molar-refractivity contribution in [3.63, 3.8) is 0 Å². The fourth-order valence-corrected chi connectivity index (χ4v) is 7.48. The van der Waals surface area contributed by atoms with Gasteiger partial charge in [-0.25, -0.2) is 4.68 Å². The van der Waals surface area contributed by atoms with E-state index in [2.05, 4.69) is 20.9 Å². The summed E-state index contributed by atoms with van der Waals surface area (Å²) in [6, 6.07) is 9.60. The number of fused-ring (bicyclic) bond motifs is 1. The molecule has 1 aromatic heterocycles. The maximum absolute atomic E-state index is 14.7. The van der Waals surface area contributed by atoms with Gasteiger partial charge in [-0.3, -0.25) is 19.2 Å². The summed E-state index contributed by atoms with van der Waals surface area (Å²) in [6.45, 7) is 3.65. The van der Waals surface area contributed by atoms with Crippen molar-refractivity contribution < 1.29 is 29.4 Å². The second-order valence-electron chi connectivity index (χ2n) is 14.6. The van der Waals surface area contributed by atoms with Crippen LogP contribution in [0.25, 0.3) is 10.8 Å². The minimum Gasteiger partial charge on any atom is -0.384 e. The molecule has 52 heavy (non-hydrogen) atoms. The van der Waals surface area contributed by atoms with E-state index in [1.807, 2.05) is 30.3 Å². The van der Waals surface area contributed by atoms with E-state index in [-0.39, 0.29) is 37.7 Å². The van der Waals surface area contributed by atoms with Gasteiger partial charge in [0.15, 0.2) is 6.10 Å².